The first-order valence-electron chi connectivity index (χ1n) is 6.96. The summed E-state index contributed by atoms with van der Waals surface area (Å²) in [4.78, 5) is 15.5. The standard InChI is InChI=1S/C15H21BrN2O2/c1-17(9-10-18-8-2-3-15(18)20)11-14(19)12-4-6-13(16)7-5-12/h4-7,14,19H,2-3,8-11H2,1H3. The lowest BCUT2D eigenvalue weighted by Crippen LogP contribution is -2.35. The van der Waals surface area contributed by atoms with Crippen LogP contribution in [0.1, 0.15) is 24.5 Å². The number of nitrogens with zero attached hydrogens (tertiary/aromatic N) is 2. The van der Waals surface area contributed by atoms with Crippen LogP contribution in [0.5, 0.6) is 0 Å². The second kappa shape index (κ2) is 7.20. The summed E-state index contributed by atoms with van der Waals surface area (Å²) in [6, 6.07) is 7.71. The Morgan fingerprint density at radius 2 is 2.10 bits per heavy atom. The number of carbonyl (C=O) groups is 1. The number of likely N-dealkylation sites (tertiary alicyclic amines) is 1. The summed E-state index contributed by atoms with van der Waals surface area (Å²) in [5.74, 6) is 0.256. The van der Waals surface area contributed by atoms with E-state index in [1.54, 1.807) is 0 Å². The Balaban J connectivity index is 1.77. The maximum Gasteiger partial charge on any atom is 0.222 e. The van der Waals surface area contributed by atoms with Crippen LogP contribution < -0.4 is 0 Å². The van der Waals surface area contributed by atoms with Crippen LogP contribution >= 0.6 is 15.9 Å². The Morgan fingerprint density at radius 3 is 2.70 bits per heavy atom. The summed E-state index contributed by atoms with van der Waals surface area (Å²) in [5.41, 5.74) is 0.914. The normalized spacial score (nSPS) is 17.0. The van der Waals surface area contributed by atoms with Gasteiger partial charge in [-0.2, -0.15) is 0 Å². The number of benzene rings is 1. The van der Waals surface area contributed by atoms with Gasteiger partial charge in [0.1, 0.15) is 0 Å². The third-order valence-corrected chi connectivity index (χ3v) is 4.19. The van der Waals surface area contributed by atoms with Gasteiger partial charge in [-0.3, -0.25) is 4.79 Å². The van der Waals surface area contributed by atoms with Crippen LogP contribution in [-0.4, -0.2) is 54.0 Å². The Hall–Kier alpha value is -0.910. The predicted molar refractivity (Wildman–Crippen MR) is 82.4 cm³/mol. The molecule has 2 rings (SSSR count). The highest BCUT2D eigenvalue weighted by Gasteiger charge is 2.20. The van der Waals surface area contributed by atoms with Gasteiger partial charge >= 0.3 is 0 Å². The van der Waals surface area contributed by atoms with Crippen molar-refractivity contribution in [2.24, 2.45) is 0 Å². The molecular formula is C15H21BrN2O2. The van der Waals surface area contributed by atoms with Crippen molar-refractivity contribution >= 4 is 21.8 Å². The summed E-state index contributed by atoms with van der Waals surface area (Å²) in [5, 5.41) is 10.2. The van der Waals surface area contributed by atoms with Gasteiger partial charge in [0.2, 0.25) is 5.91 Å². The van der Waals surface area contributed by atoms with Crippen LogP contribution in [0.15, 0.2) is 28.7 Å². The van der Waals surface area contributed by atoms with Gasteiger partial charge in [0.15, 0.2) is 0 Å². The molecule has 0 bridgehead atoms. The van der Waals surface area contributed by atoms with Crippen LogP contribution in [-0.2, 0) is 4.79 Å². The molecule has 0 aliphatic carbocycles. The molecule has 1 unspecified atom stereocenters. The number of aliphatic hydroxyl groups is 1. The molecule has 1 heterocycles. The van der Waals surface area contributed by atoms with Crippen LogP contribution in [0, 0.1) is 0 Å². The number of hydrogen-bond donors (Lipinski definition) is 1. The first-order valence-corrected chi connectivity index (χ1v) is 7.75. The Labute approximate surface area is 128 Å². The molecular weight excluding hydrogens is 320 g/mol. The van der Waals surface area contributed by atoms with Gasteiger partial charge in [-0.25, -0.2) is 0 Å². The number of rotatable bonds is 6. The average molecular weight is 341 g/mol. The number of carbonyl (C=O) groups excluding carboxylic acids is 1. The fraction of sp³-hybridized carbons (Fsp3) is 0.533. The van der Waals surface area contributed by atoms with Gasteiger partial charge in [-0.1, -0.05) is 28.1 Å². The van der Waals surface area contributed by atoms with Gasteiger partial charge < -0.3 is 14.9 Å². The van der Waals surface area contributed by atoms with Crippen LogP contribution in [0.3, 0.4) is 0 Å². The SMILES string of the molecule is CN(CCN1CCCC1=O)CC(O)c1ccc(Br)cc1. The van der Waals surface area contributed by atoms with Gasteiger partial charge in [0, 0.05) is 37.1 Å². The molecule has 0 aromatic heterocycles. The van der Waals surface area contributed by atoms with Gasteiger partial charge in [-0.05, 0) is 31.2 Å². The Morgan fingerprint density at radius 1 is 1.40 bits per heavy atom. The van der Waals surface area contributed by atoms with Gasteiger partial charge in [0.05, 0.1) is 6.10 Å². The molecule has 1 aromatic rings. The molecule has 1 aliphatic heterocycles. The van der Waals surface area contributed by atoms with Crippen molar-refractivity contribution in [1.82, 2.24) is 9.80 Å². The summed E-state index contributed by atoms with van der Waals surface area (Å²) in [7, 11) is 1.97. The third-order valence-electron chi connectivity index (χ3n) is 3.66. The topological polar surface area (TPSA) is 43.8 Å². The van der Waals surface area contributed by atoms with Crippen LogP contribution in [0.4, 0.5) is 0 Å². The van der Waals surface area contributed by atoms with E-state index in [4.69, 9.17) is 0 Å². The van der Waals surface area contributed by atoms with E-state index in [2.05, 4.69) is 20.8 Å². The van der Waals surface area contributed by atoms with Gasteiger partial charge in [0.25, 0.3) is 0 Å². The summed E-state index contributed by atoms with van der Waals surface area (Å²) < 4.78 is 1.01. The third kappa shape index (κ3) is 4.30. The average Bonchev–Trinajstić information content (AvgIpc) is 2.82. The van der Waals surface area contributed by atoms with E-state index in [0.717, 1.165) is 36.1 Å². The van der Waals surface area contributed by atoms with Crippen molar-refractivity contribution in [3.63, 3.8) is 0 Å². The second-order valence-electron chi connectivity index (χ2n) is 5.31. The van der Waals surface area contributed by atoms with Crippen molar-refractivity contribution in [3.05, 3.63) is 34.3 Å². The van der Waals surface area contributed by atoms with E-state index in [1.807, 2.05) is 36.2 Å². The first kappa shape index (κ1) is 15.5. The second-order valence-corrected chi connectivity index (χ2v) is 6.23. The van der Waals surface area contributed by atoms with Crippen molar-refractivity contribution in [2.75, 3.05) is 33.2 Å². The molecule has 5 heteroatoms. The summed E-state index contributed by atoms with van der Waals surface area (Å²) in [6.45, 7) is 2.99. The quantitative estimate of drug-likeness (QED) is 0.861. The van der Waals surface area contributed by atoms with Crippen molar-refractivity contribution in [3.8, 4) is 0 Å². The molecule has 20 heavy (non-hydrogen) atoms. The molecule has 1 N–H and O–H groups in total. The lowest BCUT2D eigenvalue weighted by Gasteiger charge is -2.24. The lowest BCUT2D eigenvalue weighted by molar-refractivity contribution is -0.127. The van der Waals surface area contributed by atoms with Crippen LogP contribution in [0.2, 0.25) is 0 Å². The van der Waals surface area contributed by atoms with E-state index < -0.39 is 6.10 Å². The number of hydrogen-bond acceptors (Lipinski definition) is 3. The monoisotopic (exact) mass is 340 g/mol. The van der Waals surface area contributed by atoms with Crippen molar-refractivity contribution in [1.29, 1.82) is 0 Å². The highest BCUT2D eigenvalue weighted by atomic mass is 79.9. The minimum absolute atomic E-state index is 0.256. The molecule has 1 fully saturated rings. The molecule has 1 amide bonds. The number of halogens is 1. The van der Waals surface area contributed by atoms with E-state index in [1.165, 1.54) is 0 Å². The molecule has 1 aromatic carbocycles. The zero-order valence-corrected chi connectivity index (χ0v) is 13.3. The van der Waals surface area contributed by atoms with E-state index in [9.17, 15) is 9.90 Å². The molecule has 0 saturated carbocycles. The molecule has 0 radical (unpaired) electrons. The molecule has 1 aliphatic rings. The fourth-order valence-electron chi connectivity index (χ4n) is 2.41. The maximum absolute atomic E-state index is 11.5. The highest BCUT2D eigenvalue weighted by Crippen LogP contribution is 2.17. The number of amides is 1. The molecule has 110 valence electrons. The summed E-state index contributed by atoms with van der Waals surface area (Å²) >= 11 is 3.38. The number of likely N-dealkylation sites (N-methyl/N-ethyl adjacent to an activating group) is 1. The first-order chi connectivity index (χ1) is 9.56. The highest BCUT2D eigenvalue weighted by molar-refractivity contribution is 9.10. The minimum atomic E-state index is -0.498. The zero-order chi connectivity index (χ0) is 14.5. The fourth-order valence-corrected chi connectivity index (χ4v) is 2.67. The van der Waals surface area contributed by atoms with Gasteiger partial charge in [-0.15, -0.1) is 0 Å². The summed E-state index contributed by atoms with van der Waals surface area (Å²) in [6.07, 6.45) is 1.16. The van der Waals surface area contributed by atoms with E-state index in [-0.39, 0.29) is 5.91 Å². The molecule has 4 nitrogen and oxygen atoms in total. The minimum Gasteiger partial charge on any atom is -0.387 e. The van der Waals surface area contributed by atoms with Crippen molar-refractivity contribution < 1.29 is 9.90 Å². The predicted octanol–water partition coefficient (Wildman–Crippen LogP) is 2.04. The molecule has 1 atom stereocenters. The maximum atomic E-state index is 11.5. The smallest absolute Gasteiger partial charge is 0.222 e. The van der Waals surface area contributed by atoms with Crippen LogP contribution in [0.25, 0.3) is 0 Å². The Kier molecular flexibility index (Phi) is 5.57. The number of aliphatic hydroxyl groups excluding tert-OH is 1. The zero-order valence-electron chi connectivity index (χ0n) is 11.8. The van der Waals surface area contributed by atoms with Crippen molar-refractivity contribution in [2.45, 2.75) is 18.9 Å². The molecule has 1 saturated heterocycles. The lowest BCUT2D eigenvalue weighted by atomic mass is 10.1. The largest absolute Gasteiger partial charge is 0.387 e. The van der Waals surface area contributed by atoms with E-state index >= 15 is 0 Å². The van der Waals surface area contributed by atoms with E-state index in [0.29, 0.717) is 13.0 Å². The Bertz CT molecular complexity index is 450. The molecule has 0 spiro atoms.